The first-order valence-corrected chi connectivity index (χ1v) is 11.0. The molecule has 32 heavy (non-hydrogen) atoms. The van der Waals surface area contributed by atoms with E-state index in [1.807, 2.05) is 23.7 Å². The zero-order valence-corrected chi connectivity index (χ0v) is 19.4. The molecule has 0 saturated carbocycles. The number of carbonyl (C=O) groups is 1. The van der Waals surface area contributed by atoms with Crippen molar-refractivity contribution in [2.75, 3.05) is 43.4 Å². The van der Waals surface area contributed by atoms with Crippen LogP contribution in [0, 0.1) is 6.92 Å². The fourth-order valence-electron chi connectivity index (χ4n) is 3.96. The molecule has 1 aromatic carbocycles. The number of nitrogen functional groups attached to an aromatic ring is 1. The van der Waals surface area contributed by atoms with Crippen LogP contribution < -0.4 is 10.6 Å². The van der Waals surface area contributed by atoms with Crippen molar-refractivity contribution in [2.45, 2.75) is 40.2 Å². The lowest BCUT2D eigenvalue weighted by molar-refractivity contribution is 0.105. The van der Waals surface area contributed by atoms with E-state index in [-0.39, 0.29) is 11.6 Å². The van der Waals surface area contributed by atoms with Gasteiger partial charge < -0.3 is 20.3 Å². The van der Waals surface area contributed by atoms with Gasteiger partial charge in [0.15, 0.2) is 5.65 Å². The fourth-order valence-corrected chi connectivity index (χ4v) is 3.96. The van der Waals surface area contributed by atoms with E-state index in [1.54, 1.807) is 4.90 Å². The van der Waals surface area contributed by atoms with Crippen molar-refractivity contribution in [2.24, 2.45) is 0 Å². The highest BCUT2D eigenvalue weighted by molar-refractivity contribution is 5.99. The molecule has 1 saturated heterocycles. The van der Waals surface area contributed by atoms with Gasteiger partial charge in [0, 0.05) is 31.7 Å². The number of hydrogen-bond acceptors (Lipinski definition) is 7. The van der Waals surface area contributed by atoms with Crippen LogP contribution in [0.1, 0.15) is 33.3 Å². The van der Waals surface area contributed by atoms with Gasteiger partial charge in [-0.1, -0.05) is 23.8 Å². The van der Waals surface area contributed by atoms with Gasteiger partial charge in [-0.2, -0.15) is 4.98 Å². The molecule has 0 unspecified atom stereocenters. The third-order valence-corrected chi connectivity index (χ3v) is 5.57. The van der Waals surface area contributed by atoms with Gasteiger partial charge in [0.1, 0.15) is 5.82 Å². The molecule has 0 aliphatic carbocycles. The molecule has 0 radical (unpaired) electrons. The summed E-state index contributed by atoms with van der Waals surface area (Å²) in [7, 11) is 0. The van der Waals surface area contributed by atoms with Crippen molar-refractivity contribution in [1.82, 2.24) is 24.6 Å². The molecular weight excluding hydrogens is 406 g/mol. The first kappa shape index (κ1) is 21.9. The normalized spacial score (nSPS) is 14.8. The Morgan fingerprint density at radius 3 is 2.50 bits per heavy atom. The summed E-state index contributed by atoms with van der Waals surface area (Å²) in [5.74, 6) is 1.15. The number of amides is 1. The summed E-state index contributed by atoms with van der Waals surface area (Å²) in [5, 5.41) is 5.51. The van der Waals surface area contributed by atoms with E-state index in [9.17, 15) is 4.79 Å². The van der Waals surface area contributed by atoms with Crippen LogP contribution >= 0.6 is 0 Å². The molecule has 3 aromatic rings. The Morgan fingerprint density at radius 2 is 1.88 bits per heavy atom. The van der Waals surface area contributed by atoms with Gasteiger partial charge in [0.05, 0.1) is 23.2 Å². The van der Waals surface area contributed by atoms with Crippen LogP contribution in [-0.4, -0.2) is 63.5 Å². The van der Waals surface area contributed by atoms with E-state index in [1.165, 1.54) is 0 Å². The van der Waals surface area contributed by atoms with Crippen molar-refractivity contribution >= 4 is 28.9 Å². The van der Waals surface area contributed by atoms with Crippen molar-refractivity contribution in [3.63, 3.8) is 0 Å². The quantitative estimate of drug-likeness (QED) is 0.670. The molecule has 9 nitrogen and oxygen atoms in total. The minimum atomic E-state index is -0.292. The number of aryl methyl sites for hydroxylation is 1. The van der Waals surface area contributed by atoms with E-state index in [0.29, 0.717) is 50.2 Å². The van der Waals surface area contributed by atoms with Gasteiger partial charge in [0.2, 0.25) is 5.95 Å². The summed E-state index contributed by atoms with van der Waals surface area (Å²) in [4.78, 5) is 25.6. The molecule has 170 valence electrons. The van der Waals surface area contributed by atoms with Crippen LogP contribution in [0.3, 0.4) is 0 Å². The first-order chi connectivity index (χ1) is 15.2. The molecule has 2 N–H and O–H groups in total. The topological polar surface area (TPSA) is 102 Å². The number of nitrogens with two attached hydrogens (primary N) is 1. The second-order valence-corrected chi connectivity index (χ2v) is 9.08. The molecular formula is C23H31N7O2. The van der Waals surface area contributed by atoms with Crippen LogP contribution in [0.15, 0.2) is 24.3 Å². The van der Waals surface area contributed by atoms with Crippen LogP contribution in [0.2, 0.25) is 0 Å². The van der Waals surface area contributed by atoms with Crippen LogP contribution in [0.25, 0.3) is 22.3 Å². The second-order valence-electron chi connectivity index (χ2n) is 9.08. The Bertz CT molecular complexity index is 1140. The van der Waals surface area contributed by atoms with Gasteiger partial charge in [0.25, 0.3) is 0 Å². The van der Waals surface area contributed by atoms with Gasteiger partial charge in [-0.25, -0.2) is 14.5 Å². The fraction of sp³-hybridized carbons (Fsp3) is 0.478. The van der Waals surface area contributed by atoms with E-state index in [4.69, 9.17) is 25.5 Å². The minimum absolute atomic E-state index is 0.277. The molecule has 0 spiro atoms. The van der Waals surface area contributed by atoms with Crippen molar-refractivity contribution in [1.29, 1.82) is 0 Å². The van der Waals surface area contributed by atoms with Gasteiger partial charge in [-0.3, -0.25) is 0 Å². The van der Waals surface area contributed by atoms with Crippen LogP contribution in [0.4, 0.5) is 16.6 Å². The van der Waals surface area contributed by atoms with Crippen LogP contribution in [-0.2, 0) is 10.3 Å². The number of benzene rings is 1. The summed E-state index contributed by atoms with van der Waals surface area (Å²) in [5.41, 5.74) is 9.73. The summed E-state index contributed by atoms with van der Waals surface area (Å²) in [6.07, 6.45) is -0.277. The lowest BCUT2D eigenvalue weighted by Gasteiger charge is -2.34. The number of hydrogen-bond donors (Lipinski definition) is 1. The van der Waals surface area contributed by atoms with Crippen molar-refractivity contribution in [3.05, 3.63) is 29.8 Å². The smallest absolute Gasteiger partial charge is 0.409 e. The zero-order chi connectivity index (χ0) is 23.0. The number of ether oxygens (including phenoxy) is 1. The molecule has 3 heterocycles. The number of piperazine rings is 1. The van der Waals surface area contributed by atoms with E-state index < -0.39 is 0 Å². The zero-order valence-electron chi connectivity index (χ0n) is 19.4. The Balaban J connectivity index is 1.77. The monoisotopic (exact) mass is 437 g/mol. The maximum Gasteiger partial charge on any atom is 0.409 e. The third kappa shape index (κ3) is 4.06. The average Bonchev–Trinajstić information content (AvgIpc) is 3.10. The summed E-state index contributed by atoms with van der Waals surface area (Å²) >= 11 is 0. The predicted molar refractivity (Wildman–Crippen MR) is 126 cm³/mol. The summed E-state index contributed by atoms with van der Waals surface area (Å²) in [6, 6.07) is 8.20. The summed E-state index contributed by atoms with van der Waals surface area (Å²) in [6.45, 7) is 12.8. The summed E-state index contributed by atoms with van der Waals surface area (Å²) < 4.78 is 6.94. The number of aromatic nitrogens is 4. The molecule has 4 rings (SSSR count). The Hall–Kier alpha value is -3.36. The highest BCUT2D eigenvalue weighted by Gasteiger charge is 2.27. The van der Waals surface area contributed by atoms with E-state index in [2.05, 4.69) is 44.7 Å². The largest absolute Gasteiger partial charge is 0.450 e. The molecule has 0 bridgehead atoms. The Kier molecular flexibility index (Phi) is 5.66. The average molecular weight is 438 g/mol. The Labute approximate surface area is 188 Å². The first-order valence-electron chi connectivity index (χ1n) is 11.0. The molecule has 1 aliphatic heterocycles. The number of nitrogens with zero attached hydrogens (tertiary/aromatic N) is 6. The Morgan fingerprint density at radius 1 is 1.16 bits per heavy atom. The van der Waals surface area contributed by atoms with E-state index in [0.717, 1.165) is 22.2 Å². The number of fused-ring (bicyclic) bond motifs is 1. The number of anilines is 2. The molecule has 1 aliphatic rings. The van der Waals surface area contributed by atoms with E-state index >= 15 is 0 Å². The SMILES string of the molecule is CCOC(=O)N1CCN(c2nc(-c3cccc(C)c3)c3c(N)n(C(C)(C)C)nc3n2)CC1. The molecule has 0 atom stereocenters. The van der Waals surface area contributed by atoms with Gasteiger partial charge in [-0.15, -0.1) is 5.10 Å². The third-order valence-electron chi connectivity index (χ3n) is 5.57. The minimum Gasteiger partial charge on any atom is -0.450 e. The second kappa shape index (κ2) is 8.29. The molecule has 9 heteroatoms. The number of carbonyl (C=O) groups excluding carboxylic acids is 1. The molecule has 1 amide bonds. The molecule has 1 fully saturated rings. The van der Waals surface area contributed by atoms with Gasteiger partial charge in [-0.05, 0) is 40.7 Å². The maximum atomic E-state index is 12.0. The molecule has 2 aromatic heterocycles. The highest BCUT2D eigenvalue weighted by atomic mass is 16.6. The predicted octanol–water partition coefficient (Wildman–Crippen LogP) is 3.42. The maximum absolute atomic E-state index is 12.0. The lowest BCUT2D eigenvalue weighted by Crippen LogP contribution is -2.49. The highest BCUT2D eigenvalue weighted by Crippen LogP contribution is 2.34. The van der Waals surface area contributed by atoms with Gasteiger partial charge >= 0.3 is 6.09 Å². The standard InChI is InChI=1S/C23H31N7O2/c1-6-32-22(31)29-12-10-28(11-13-29)21-25-18(16-9-7-8-15(2)14-16)17-19(24)30(23(3,4)5)27-20(17)26-21/h7-9,14H,6,10-13,24H2,1-5H3. The van der Waals surface area contributed by atoms with Crippen molar-refractivity contribution < 1.29 is 9.53 Å². The number of rotatable bonds is 3. The lowest BCUT2D eigenvalue weighted by atomic mass is 10.1. The van der Waals surface area contributed by atoms with Crippen molar-refractivity contribution in [3.8, 4) is 11.3 Å². The van der Waals surface area contributed by atoms with Crippen LogP contribution in [0.5, 0.6) is 0 Å².